The van der Waals surface area contributed by atoms with Gasteiger partial charge in [-0.3, -0.25) is 0 Å². The van der Waals surface area contributed by atoms with Crippen LogP contribution in [0.15, 0.2) is 96.1 Å². The van der Waals surface area contributed by atoms with Crippen LogP contribution < -0.4 is 0 Å². The lowest BCUT2D eigenvalue weighted by atomic mass is 9.85. The van der Waals surface area contributed by atoms with Crippen LogP contribution >= 0.6 is 0 Å². The quantitative estimate of drug-likeness (QED) is 0.200. The predicted octanol–water partition coefficient (Wildman–Crippen LogP) is 11.9. The summed E-state index contributed by atoms with van der Waals surface area (Å²) in [6.45, 7) is 18.4. The van der Waals surface area contributed by atoms with Crippen molar-refractivity contribution in [1.82, 2.24) is 0 Å². The molecule has 4 aromatic carbocycles. The van der Waals surface area contributed by atoms with Crippen LogP contribution in [0.5, 0.6) is 0 Å². The molecule has 0 aromatic heterocycles. The third kappa shape index (κ3) is 5.77. The molecule has 0 saturated heterocycles. The lowest BCUT2D eigenvalue weighted by Gasteiger charge is -2.20. The molecule has 0 saturated carbocycles. The van der Waals surface area contributed by atoms with E-state index in [9.17, 15) is 0 Å². The lowest BCUT2D eigenvalue weighted by Crippen LogP contribution is -2.10. The second-order valence-corrected chi connectivity index (χ2v) is 16.1. The van der Waals surface area contributed by atoms with Gasteiger partial charge in [0.15, 0.2) is 0 Å². The van der Waals surface area contributed by atoms with E-state index in [0.717, 1.165) is 9.52 Å². The Bertz CT molecular complexity index is 1570. The molecule has 0 spiro atoms. The molecule has 0 aliphatic heterocycles. The van der Waals surface area contributed by atoms with Gasteiger partial charge >= 0.3 is 0 Å². The SMILES string of the molecule is CC1=Cc2c(-c3ccc(C(C)(C)C)cc3)cccc2C1C[Si]CC1C(C)=Cc2c(-c3ccc(C(C)(C)C)cc3)cccc21. The molecular weight excluding hydrogens is 533 g/mol. The molecule has 2 aliphatic rings. The molecule has 0 N–H and O–H groups in total. The largest absolute Gasteiger partial charge is 0.0655 e. The van der Waals surface area contributed by atoms with E-state index in [1.165, 1.54) is 78.9 Å². The summed E-state index contributed by atoms with van der Waals surface area (Å²) in [5.41, 5.74) is 17.4. The molecule has 4 aromatic rings. The standard InChI is InChI=1S/C42H46Si/c1-27-23-37-33(29-15-19-31(20-16-29)41(3,4)5)11-9-13-35(37)39(27)25-43-26-40-28(2)24-38-34(12-10-14-36(38)40)30-17-21-32(22-18-30)42(6,7)8/h9-24,39-40H,25-26H2,1-8H3. The molecule has 1 heteroatoms. The van der Waals surface area contributed by atoms with Gasteiger partial charge in [0.2, 0.25) is 0 Å². The Morgan fingerprint density at radius 2 is 0.884 bits per heavy atom. The first-order chi connectivity index (χ1) is 20.4. The van der Waals surface area contributed by atoms with Crippen molar-refractivity contribution in [3.05, 3.63) is 129 Å². The summed E-state index contributed by atoms with van der Waals surface area (Å²) < 4.78 is 0. The molecule has 2 unspecified atom stereocenters. The van der Waals surface area contributed by atoms with Crippen LogP contribution in [0.2, 0.25) is 12.1 Å². The third-order valence-corrected chi connectivity index (χ3v) is 11.1. The highest BCUT2D eigenvalue weighted by Crippen LogP contribution is 2.46. The number of allylic oxidation sites excluding steroid dienone is 2. The van der Waals surface area contributed by atoms with Crippen molar-refractivity contribution < 1.29 is 0 Å². The maximum absolute atomic E-state index is 2.46. The van der Waals surface area contributed by atoms with Gasteiger partial charge in [0.25, 0.3) is 0 Å². The summed E-state index contributed by atoms with van der Waals surface area (Å²) in [6, 6.07) is 34.8. The van der Waals surface area contributed by atoms with Crippen molar-refractivity contribution in [1.29, 1.82) is 0 Å². The molecule has 0 amide bonds. The molecule has 2 radical (unpaired) electrons. The summed E-state index contributed by atoms with van der Waals surface area (Å²) in [7, 11) is 0.925. The second kappa shape index (κ2) is 11.3. The average Bonchev–Trinajstić information content (AvgIpc) is 3.47. The molecule has 0 nitrogen and oxygen atoms in total. The van der Waals surface area contributed by atoms with Gasteiger partial charge in [0, 0.05) is 21.4 Å². The van der Waals surface area contributed by atoms with Crippen LogP contribution in [-0.2, 0) is 10.8 Å². The Morgan fingerprint density at radius 3 is 1.23 bits per heavy atom. The van der Waals surface area contributed by atoms with E-state index in [-0.39, 0.29) is 10.8 Å². The molecule has 43 heavy (non-hydrogen) atoms. The van der Waals surface area contributed by atoms with Crippen LogP contribution in [0.4, 0.5) is 0 Å². The topological polar surface area (TPSA) is 0 Å². The van der Waals surface area contributed by atoms with Crippen LogP contribution in [0.3, 0.4) is 0 Å². The van der Waals surface area contributed by atoms with Crippen LogP contribution in [0.1, 0.15) is 101 Å². The molecular formula is C42H46Si. The Balaban J connectivity index is 1.18. The van der Waals surface area contributed by atoms with Gasteiger partial charge in [-0.15, -0.1) is 0 Å². The summed E-state index contributed by atoms with van der Waals surface area (Å²) in [5, 5.41) is 0. The number of hydrogen-bond acceptors (Lipinski definition) is 0. The Morgan fingerprint density at radius 1 is 0.512 bits per heavy atom. The summed E-state index contributed by atoms with van der Waals surface area (Å²) >= 11 is 0. The van der Waals surface area contributed by atoms with Crippen molar-refractivity contribution in [2.45, 2.75) is 90.1 Å². The highest BCUT2D eigenvalue weighted by atomic mass is 28.2. The number of hydrogen-bond donors (Lipinski definition) is 0. The van der Waals surface area contributed by atoms with Crippen molar-refractivity contribution in [3.63, 3.8) is 0 Å². The average molecular weight is 579 g/mol. The summed E-state index contributed by atoms with van der Waals surface area (Å²) in [5.74, 6) is 1.06. The van der Waals surface area contributed by atoms with Gasteiger partial charge in [-0.2, -0.15) is 0 Å². The van der Waals surface area contributed by atoms with Crippen molar-refractivity contribution in [2.24, 2.45) is 0 Å². The Labute approximate surface area is 262 Å². The maximum atomic E-state index is 2.46. The van der Waals surface area contributed by atoms with Gasteiger partial charge in [-0.25, -0.2) is 0 Å². The van der Waals surface area contributed by atoms with Gasteiger partial charge in [0.1, 0.15) is 0 Å². The highest BCUT2D eigenvalue weighted by molar-refractivity contribution is 6.36. The lowest BCUT2D eigenvalue weighted by molar-refractivity contribution is 0.590. The van der Waals surface area contributed by atoms with Gasteiger partial charge in [-0.05, 0) is 80.3 Å². The first kappa shape index (κ1) is 29.6. The van der Waals surface area contributed by atoms with E-state index in [1.54, 1.807) is 0 Å². The minimum Gasteiger partial charge on any atom is -0.0655 e. The number of benzene rings is 4. The van der Waals surface area contributed by atoms with E-state index >= 15 is 0 Å². The normalized spacial score (nSPS) is 17.9. The van der Waals surface area contributed by atoms with Gasteiger partial charge < -0.3 is 0 Å². The fourth-order valence-corrected chi connectivity index (χ4v) is 8.79. The first-order valence-electron chi connectivity index (χ1n) is 16.0. The van der Waals surface area contributed by atoms with Crippen LogP contribution in [-0.4, -0.2) is 9.52 Å². The Hall–Kier alpha value is -3.42. The zero-order valence-corrected chi connectivity index (χ0v) is 28.3. The molecule has 0 bridgehead atoms. The summed E-state index contributed by atoms with van der Waals surface area (Å²) in [4.78, 5) is 0. The number of fused-ring (bicyclic) bond motifs is 2. The Kier molecular flexibility index (Phi) is 7.76. The molecule has 0 fully saturated rings. The van der Waals surface area contributed by atoms with E-state index in [2.05, 4.69) is 152 Å². The van der Waals surface area contributed by atoms with Crippen molar-refractivity contribution in [3.8, 4) is 22.3 Å². The molecule has 2 aliphatic carbocycles. The monoisotopic (exact) mass is 578 g/mol. The predicted molar refractivity (Wildman–Crippen MR) is 189 cm³/mol. The minimum atomic E-state index is 0.173. The minimum absolute atomic E-state index is 0.173. The fourth-order valence-electron chi connectivity index (χ4n) is 6.96. The fraction of sp³-hybridized carbons (Fsp3) is 0.333. The third-order valence-electron chi connectivity index (χ3n) is 9.69. The van der Waals surface area contributed by atoms with Gasteiger partial charge in [-0.1, -0.05) is 162 Å². The molecule has 2 atom stereocenters. The van der Waals surface area contributed by atoms with E-state index < -0.39 is 0 Å². The maximum Gasteiger partial charge on any atom is 0.0397 e. The van der Waals surface area contributed by atoms with Crippen molar-refractivity contribution in [2.75, 3.05) is 0 Å². The zero-order valence-electron chi connectivity index (χ0n) is 27.3. The molecule has 0 heterocycles. The van der Waals surface area contributed by atoms with E-state index in [0.29, 0.717) is 11.8 Å². The zero-order chi connectivity index (χ0) is 30.5. The molecule has 6 rings (SSSR count). The van der Waals surface area contributed by atoms with E-state index in [4.69, 9.17) is 0 Å². The summed E-state index contributed by atoms with van der Waals surface area (Å²) in [6.07, 6.45) is 4.93. The smallest absolute Gasteiger partial charge is 0.0397 e. The van der Waals surface area contributed by atoms with E-state index in [1.807, 2.05) is 0 Å². The van der Waals surface area contributed by atoms with Crippen LogP contribution in [0.25, 0.3) is 34.4 Å². The highest BCUT2D eigenvalue weighted by Gasteiger charge is 2.28. The molecule has 218 valence electrons. The first-order valence-corrected chi connectivity index (χ1v) is 17.4. The number of rotatable bonds is 6. The second-order valence-electron chi connectivity index (χ2n) is 14.8. The van der Waals surface area contributed by atoms with Crippen LogP contribution in [0, 0.1) is 0 Å². The van der Waals surface area contributed by atoms with Crippen molar-refractivity contribution >= 4 is 21.7 Å². The van der Waals surface area contributed by atoms with Gasteiger partial charge in [0.05, 0.1) is 0 Å².